The van der Waals surface area contributed by atoms with Crippen LogP contribution in [0.1, 0.15) is 5.56 Å². The van der Waals surface area contributed by atoms with E-state index in [9.17, 15) is 0 Å². The largest absolute Gasteiger partial charge is 0.497 e. The summed E-state index contributed by atoms with van der Waals surface area (Å²) < 4.78 is 10.1. The van der Waals surface area contributed by atoms with Crippen LogP contribution < -0.4 is 20.5 Å². The maximum Gasteiger partial charge on any atom is 0.225 e. The molecule has 1 aromatic carbocycles. The predicted octanol–water partition coefficient (Wildman–Crippen LogP) is 1.69. The van der Waals surface area contributed by atoms with E-state index in [1.165, 1.54) is 7.11 Å². The van der Waals surface area contributed by atoms with Gasteiger partial charge in [0.25, 0.3) is 0 Å². The van der Waals surface area contributed by atoms with Gasteiger partial charge in [0.05, 0.1) is 14.2 Å². The third-order valence-corrected chi connectivity index (χ3v) is 2.56. The van der Waals surface area contributed by atoms with Gasteiger partial charge in [-0.3, -0.25) is 0 Å². The summed E-state index contributed by atoms with van der Waals surface area (Å²) in [5, 5.41) is 3.16. The third-order valence-electron chi connectivity index (χ3n) is 2.56. The van der Waals surface area contributed by atoms with Crippen molar-refractivity contribution in [2.24, 2.45) is 0 Å². The number of nitrogens with one attached hydrogen (secondary N) is 1. The van der Waals surface area contributed by atoms with Gasteiger partial charge in [0.15, 0.2) is 0 Å². The van der Waals surface area contributed by atoms with Crippen LogP contribution in [0.3, 0.4) is 0 Å². The molecule has 0 fully saturated rings. The van der Waals surface area contributed by atoms with Crippen molar-refractivity contribution < 1.29 is 9.47 Å². The molecule has 100 valence electrons. The second kappa shape index (κ2) is 5.90. The SMILES string of the molecule is COc1ccc(CNc2cc(OC)nc(N)n2)cc1. The molecule has 0 aliphatic carbocycles. The summed E-state index contributed by atoms with van der Waals surface area (Å²) in [6, 6.07) is 9.47. The van der Waals surface area contributed by atoms with Gasteiger partial charge in [0, 0.05) is 12.6 Å². The highest BCUT2D eigenvalue weighted by molar-refractivity contribution is 5.43. The maximum absolute atomic E-state index is 5.58. The lowest BCUT2D eigenvalue weighted by molar-refractivity contribution is 0.398. The average molecular weight is 260 g/mol. The van der Waals surface area contributed by atoms with Crippen LogP contribution in [-0.2, 0) is 6.54 Å². The number of hydrogen-bond acceptors (Lipinski definition) is 6. The molecule has 0 unspecified atom stereocenters. The van der Waals surface area contributed by atoms with Crippen LogP contribution >= 0.6 is 0 Å². The topological polar surface area (TPSA) is 82.3 Å². The summed E-state index contributed by atoms with van der Waals surface area (Å²) in [6.45, 7) is 0.629. The van der Waals surface area contributed by atoms with Gasteiger partial charge in [-0.25, -0.2) is 0 Å². The number of nitrogens with zero attached hydrogens (tertiary/aromatic N) is 2. The van der Waals surface area contributed by atoms with E-state index in [1.807, 2.05) is 24.3 Å². The zero-order valence-corrected chi connectivity index (χ0v) is 10.9. The lowest BCUT2D eigenvalue weighted by Gasteiger charge is -2.08. The van der Waals surface area contributed by atoms with Crippen molar-refractivity contribution in [1.29, 1.82) is 0 Å². The Labute approximate surface area is 111 Å². The molecule has 2 aromatic rings. The molecule has 0 amide bonds. The Morgan fingerprint density at radius 3 is 2.47 bits per heavy atom. The molecule has 0 aliphatic heterocycles. The van der Waals surface area contributed by atoms with Crippen molar-refractivity contribution in [2.75, 3.05) is 25.3 Å². The molecule has 2 rings (SSSR count). The van der Waals surface area contributed by atoms with Gasteiger partial charge in [-0.2, -0.15) is 9.97 Å². The smallest absolute Gasteiger partial charge is 0.225 e. The third kappa shape index (κ3) is 3.48. The van der Waals surface area contributed by atoms with Gasteiger partial charge in [-0.15, -0.1) is 0 Å². The monoisotopic (exact) mass is 260 g/mol. The minimum absolute atomic E-state index is 0.177. The zero-order chi connectivity index (χ0) is 13.7. The van der Waals surface area contributed by atoms with E-state index < -0.39 is 0 Å². The van der Waals surface area contributed by atoms with E-state index in [2.05, 4.69) is 15.3 Å². The van der Waals surface area contributed by atoms with Crippen LogP contribution in [0.4, 0.5) is 11.8 Å². The molecular weight excluding hydrogens is 244 g/mol. The zero-order valence-electron chi connectivity index (χ0n) is 10.9. The van der Waals surface area contributed by atoms with Gasteiger partial charge in [0.1, 0.15) is 11.6 Å². The van der Waals surface area contributed by atoms with E-state index >= 15 is 0 Å². The first-order chi connectivity index (χ1) is 9.21. The van der Waals surface area contributed by atoms with Crippen molar-refractivity contribution in [2.45, 2.75) is 6.54 Å². The summed E-state index contributed by atoms with van der Waals surface area (Å²) in [4.78, 5) is 8.00. The highest BCUT2D eigenvalue weighted by atomic mass is 16.5. The number of anilines is 2. The number of hydrogen-bond donors (Lipinski definition) is 2. The van der Waals surface area contributed by atoms with Crippen LogP contribution in [0.2, 0.25) is 0 Å². The van der Waals surface area contributed by atoms with E-state index in [0.717, 1.165) is 11.3 Å². The Balaban J connectivity index is 2.03. The van der Waals surface area contributed by atoms with Crippen LogP contribution in [0, 0.1) is 0 Å². The highest BCUT2D eigenvalue weighted by Crippen LogP contribution is 2.16. The fraction of sp³-hybridized carbons (Fsp3) is 0.231. The van der Waals surface area contributed by atoms with Gasteiger partial charge in [-0.05, 0) is 17.7 Å². The first-order valence-electron chi connectivity index (χ1n) is 5.76. The molecule has 0 aliphatic rings. The standard InChI is InChI=1S/C13H16N4O2/c1-18-10-5-3-9(4-6-10)8-15-11-7-12(19-2)17-13(14)16-11/h3-7H,8H2,1-2H3,(H3,14,15,16,17). The molecule has 0 saturated carbocycles. The summed E-state index contributed by atoms with van der Waals surface area (Å²) in [5.74, 6) is 2.07. The fourth-order valence-electron chi connectivity index (χ4n) is 1.57. The molecule has 0 bridgehead atoms. The Morgan fingerprint density at radius 2 is 1.84 bits per heavy atom. The summed E-state index contributed by atoms with van der Waals surface area (Å²) >= 11 is 0. The van der Waals surface area contributed by atoms with Crippen molar-refractivity contribution >= 4 is 11.8 Å². The Morgan fingerprint density at radius 1 is 1.11 bits per heavy atom. The highest BCUT2D eigenvalue weighted by Gasteiger charge is 2.02. The fourth-order valence-corrected chi connectivity index (χ4v) is 1.57. The number of nitrogen functional groups attached to an aromatic ring is 1. The van der Waals surface area contributed by atoms with Gasteiger partial charge in [0.2, 0.25) is 11.8 Å². The Bertz CT molecular complexity index is 543. The molecule has 0 atom stereocenters. The van der Waals surface area contributed by atoms with Crippen molar-refractivity contribution in [3.8, 4) is 11.6 Å². The number of nitrogens with two attached hydrogens (primary N) is 1. The van der Waals surface area contributed by atoms with E-state index in [-0.39, 0.29) is 5.95 Å². The summed E-state index contributed by atoms with van der Waals surface area (Å²) in [5.41, 5.74) is 6.69. The first-order valence-corrected chi connectivity index (χ1v) is 5.76. The molecule has 1 aromatic heterocycles. The second-order valence-corrected chi connectivity index (χ2v) is 3.86. The van der Waals surface area contributed by atoms with Gasteiger partial charge >= 0.3 is 0 Å². The molecule has 19 heavy (non-hydrogen) atoms. The second-order valence-electron chi connectivity index (χ2n) is 3.86. The molecule has 0 saturated heterocycles. The molecule has 6 nitrogen and oxygen atoms in total. The summed E-state index contributed by atoms with van der Waals surface area (Å²) in [7, 11) is 3.18. The van der Waals surface area contributed by atoms with Crippen LogP contribution in [-0.4, -0.2) is 24.2 Å². The number of benzene rings is 1. The van der Waals surface area contributed by atoms with E-state index in [1.54, 1.807) is 13.2 Å². The molecular formula is C13H16N4O2. The minimum Gasteiger partial charge on any atom is -0.497 e. The normalized spacial score (nSPS) is 10.0. The molecule has 6 heteroatoms. The lowest BCUT2D eigenvalue weighted by Crippen LogP contribution is -2.05. The van der Waals surface area contributed by atoms with Crippen molar-refractivity contribution in [3.05, 3.63) is 35.9 Å². The number of rotatable bonds is 5. The quantitative estimate of drug-likeness (QED) is 0.851. The Hall–Kier alpha value is -2.50. The Kier molecular flexibility index (Phi) is 4.02. The van der Waals surface area contributed by atoms with Crippen molar-refractivity contribution in [1.82, 2.24) is 9.97 Å². The minimum atomic E-state index is 0.177. The number of methoxy groups -OCH3 is 2. The number of aromatic nitrogens is 2. The van der Waals surface area contributed by atoms with Crippen LogP contribution in [0.5, 0.6) is 11.6 Å². The molecule has 1 heterocycles. The summed E-state index contributed by atoms with van der Waals surface area (Å²) in [6.07, 6.45) is 0. The molecule has 0 spiro atoms. The predicted molar refractivity (Wildman–Crippen MR) is 73.3 cm³/mol. The van der Waals surface area contributed by atoms with Gasteiger partial charge in [-0.1, -0.05) is 12.1 Å². The number of ether oxygens (including phenoxy) is 2. The van der Waals surface area contributed by atoms with E-state index in [0.29, 0.717) is 18.2 Å². The first kappa shape index (κ1) is 12.9. The van der Waals surface area contributed by atoms with E-state index in [4.69, 9.17) is 15.2 Å². The maximum atomic E-state index is 5.58. The lowest BCUT2D eigenvalue weighted by atomic mass is 10.2. The van der Waals surface area contributed by atoms with Crippen LogP contribution in [0.15, 0.2) is 30.3 Å². The molecule has 3 N–H and O–H groups in total. The average Bonchev–Trinajstić information content (AvgIpc) is 2.45. The van der Waals surface area contributed by atoms with Gasteiger partial charge < -0.3 is 20.5 Å². The van der Waals surface area contributed by atoms with Crippen LogP contribution in [0.25, 0.3) is 0 Å². The van der Waals surface area contributed by atoms with Crippen molar-refractivity contribution in [3.63, 3.8) is 0 Å². The molecule has 0 radical (unpaired) electrons.